The Morgan fingerprint density at radius 1 is 1.10 bits per heavy atom. The molecule has 8 nitrogen and oxygen atoms in total. The monoisotopic (exact) mass is 416 g/mol. The Balaban J connectivity index is 1.30. The second kappa shape index (κ2) is 6.88. The van der Waals surface area contributed by atoms with Crippen LogP contribution in [-0.2, 0) is 18.3 Å². The van der Waals surface area contributed by atoms with E-state index < -0.39 is 0 Å². The van der Waals surface area contributed by atoms with Gasteiger partial charge in [0.2, 0.25) is 5.91 Å². The molecule has 3 atom stereocenters. The Kier molecular flexibility index (Phi) is 4.11. The molecule has 2 saturated heterocycles. The third kappa shape index (κ3) is 3.09. The molecule has 3 aliphatic rings. The molecule has 6 rings (SSSR count). The first kappa shape index (κ1) is 18.5. The second-order valence-corrected chi connectivity index (χ2v) is 8.92. The van der Waals surface area contributed by atoms with Crippen LogP contribution < -0.4 is 10.2 Å². The van der Waals surface area contributed by atoms with Gasteiger partial charge in [-0.2, -0.15) is 5.10 Å². The van der Waals surface area contributed by atoms with Gasteiger partial charge in [0, 0.05) is 48.1 Å². The SMILES string of the molecule is Cn1cc(-c2ccc(-c3cc4c(nn3)N([C@H]3CC5CC[C@H](C3)N5)C(=O)C4)c(O)c2)cn1. The summed E-state index contributed by atoms with van der Waals surface area (Å²) in [5.41, 5.74) is 3.88. The van der Waals surface area contributed by atoms with Gasteiger partial charge >= 0.3 is 0 Å². The quantitative estimate of drug-likeness (QED) is 0.681. The molecule has 158 valence electrons. The standard InChI is InChI=1S/C23H24N6O2/c1-28-12-15(11-24-28)13-2-5-19(21(30)7-13)20-6-14-8-22(31)29(23(14)27-26-20)18-9-16-3-4-17(10-18)25-16/h2,5-7,11-12,16-18,25,30H,3-4,8-10H2,1H3/t16-,17?,18-/m1/s1. The van der Waals surface area contributed by atoms with Gasteiger partial charge < -0.3 is 10.4 Å². The van der Waals surface area contributed by atoms with Gasteiger partial charge in [-0.1, -0.05) is 6.07 Å². The topological polar surface area (TPSA) is 96.2 Å². The maximum absolute atomic E-state index is 12.9. The van der Waals surface area contributed by atoms with Crippen LogP contribution in [0.1, 0.15) is 31.2 Å². The fourth-order valence-electron chi connectivity index (χ4n) is 5.37. The van der Waals surface area contributed by atoms with Gasteiger partial charge in [0.1, 0.15) is 5.75 Å². The molecule has 2 fully saturated rings. The van der Waals surface area contributed by atoms with Crippen molar-refractivity contribution in [3.63, 3.8) is 0 Å². The molecule has 3 aliphatic heterocycles. The highest BCUT2D eigenvalue weighted by Gasteiger charge is 2.42. The van der Waals surface area contributed by atoms with Crippen LogP contribution in [0.25, 0.3) is 22.4 Å². The predicted molar refractivity (Wildman–Crippen MR) is 115 cm³/mol. The number of nitrogens with one attached hydrogen (secondary N) is 1. The van der Waals surface area contributed by atoms with Crippen LogP contribution in [0.5, 0.6) is 5.75 Å². The number of amides is 1. The minimum absolute atomic E-state index is 0.101. The molecule has 8 heteroatoms. The molecule has 2 aromatic heterocycles. The highest BCUT2D eigenvalue weighted by molar-refractivity contribution is 6.01. The molecule has 0 aliphatic carbocycles. The predicted octanol–water partition coefficient (Wildman–Crippen LogP) is 2.42. The van der Waals surface area contributed by atoms with Crippen LogP contribution >= 0.6 is 0 Å². The van der Waals surface area contributed by atoms with Gasteiger partial charge in [-0.3, -0.25) is 14.4 Å². The van der Waals surface area contributed by atoms with Gasteiger partial charge in [0.05, 0.1) is 18.3 Å². The smallest absolute Gasteiger partial charge is 0.233 e. The number of hydrogen-bond donors (Lipinski definition) is 2. The zero-order chi connectivity index (χ0) is 21.1. The lowest BCUT2D eigenvalue weighted by atomic mass is 9.98. The molecular formula is C23H24N6O2. The summed E-state index contributed by atoms with van der Waals surface area (Å²) in [5.74, 6) is 0.919. The van der Waals surface area contributed by atoms with E-state index in [2.05, 4.69) is 20.6 Å². The first-order valence-electron chi connectivity index (χ1n) is 10.8. The molecule has 2 bridgehead atoms. The highest BCUT2D eigenvalue weighted by atomic mass is 16.3. The van der Waals surface area contributed by atoms with Crippen molar-refractivity contribution in [2.75, 3.05) is 4.90 Å². The number of phenolic OH excluding ortho intramolecular Hbond substituents is 1. The molecule has 0 radical (unpaired) electrons. The van der Waals surface area contributed by atoms with E-state index in [4.69, 9.17) is 0 Å². The van der Waals surface area contributed by atoms with Crippen molar-refractivity contribution in [2.45, 2.75) is 50.2 Å². The van der Waals surface area contributed by atoms with E-state index in [1.807, 2.05) is 36.3 Å². The molecule has 31 heavy (non-hydrogen) atoms. The van der Waals surface area contributed by atoms with Crippen molar-refractivity contribution in [1.29, 1.82) is 0 Å². The van der Waals surface area contributed by atoms with Gasteiger partial charge in [-0.05, 0) is 49.4 Å². The number of rotatable bonds is 3. The Labute approximate surface area is 179 Å². The third-order valence-corrected chi connectivity index (χ3v) is 6.81. The molecule has 0 saturated carbocycles. The normalized spacial score (nSPS) is 24.6. The summed E-state index contributed by atoms with van der Waals surface area (Å²) < 4.78 is 1.73. The summed E-state index contributed by atoms with van der Waals surface area (Å²) in [6, 6.07) is 8.58. The van der Waals surface area contributed by atoms with Gasteiger partial charge in [-0.25, -0.2) is 0 Å². The molecule has 2 N–H and O–H groups in total. The molecular weight excluding hydrogens is 392 g/mol. The van der Waals surface area contributed by atoms with Crippen molar-refractivity contribution in [3.05, 3.63) is 42.2 Å². The Hall–Kier alpha value is -3.26. The summed E-state index contributed by atoms with van der Waals surface area (Å²) in [7, 11) is 1.86. The van der Waals surface area contributed by atoms with Crippen molar-refractivity contribution in [1.82, 2.24) is 25.3 Å². The lowest BCUT2D eigenvalue weighted by molar-refractivity contribution is -0.118. The molecule has 1 amide bonds. The number of carbonyl (C=O) groups is 1. The number of phenols is 1. The van der Waals surface area contributed by atoms with E-state index in [9.17, 15) is 9.90 Å². The number of aryl methyl sites for hydroxylation is 1. The van der Waals surface area contributed by atoms with Crippen LogP contribution in [-0.4, -0.2) is 49.1 Å². The lowest BCUT2D eigenvalue weighted by Gasteiger charge is -2.35. The molecule has 1 aromatic carbocycles. The minimum atomic E-state index is 0.101. The Morgan fingerprint density at radius 2 is 1.90 bits per heavy atom. The van der Waals surface area contributed by atoms with Crippen LogP contribution in [0, 0.1) is 0 Å². The second-order valence-electron chi connectivity index (χ2n) is 8.92. The Bertz CT molecular complexity index is 1180. The molecule has 0 spiro atoms. The van der Waals surface area contributed by atoms with E-state index in [0.29, 0.717) is 35.6 Å². The number of anilines is 1. The van der Waals surface area contributed by atoms with Crippen molar-refractivity contribution < 1.29 is 9.90 Å². The summed E-state index contributed by atoms with van der Waals surface area (Å²) in [5, 5.41) is 27.3. The first-order valence-corrected chi connectivity index (χ1v) is 10.8. The zero-order valence-corrected chi connectivity index (χ0v) is 17.3. The van der Waals surface area contributed by atoms with E-state index >= 15 is 0 Å². The van der Waals surface area contributed by atoms with E-state index in [1.165, 1.54) is 12.8 Å². The first-order chi connectivity index (χ1) is 15.0. The van der Waals surface area contributed by atoms with Crippen molar-refractivity contribution in [2.24, 2.45) is 7.05 Å². The van der Waals surface area contributed by atoms with Crippen LogP contribution in [0.4, 0.5) is 5.82 Å². The van der Waals surface area contributed by atoms with E-state index in [0.717, 1.165) is 29.5 Å². The third-order valence-electron chi connectivity index (χ3n) is 6.81. The number of benzene rings is 1. The van der Waals surface area contributed by atoms with Gasteiger partial charge in [0.15, 0.2) is 5.82 Å². The van der Waals surface area contributed by atoms with Crippen LogP contribution in [0.2, 0.25) is 0 Å². The number of nitrogens with zero attached hydrogens (tertiary/aromatic N) is 5. The number of aromatic hydroxyl groups is 1. The average Bonchev–Trinajstić information content (AvgIpc) is 3.43. The number of carbonyl (C=O) groups excluding carboxylic acids is 1. The lowest BCUT2D eigenvalue weighted by Crippen LogP contribution is -2.49. The number of fused-ring (bicyclic) bond motifs is 3. The van der Waals surface area contributed by atoms with E-state index in [-0.39, 0.29) is 17.7 Å². The average molecular weight is 416 g/mol. The van der Waals surface area contributed by atoms with Crippen LogP contribution in [0.15, 0.2) is 36.7 Å². The molecule has 5 heterocycles. The van der Waals surface area contributed by atoms with Crippen molar-refractivity contribution in [3.8, 4) is 28.1 Å². The molecule has 3 aromatic rings. The minimum Gasteiger partial charge on any atom is -0.507 e. The molecule has 1 unspecified atom stereocenters. The van der Waals surface area contributed by atoms with Gasteiger partial charge in [0.25, 0.3) is 0 Å². The summed E-state index contributed by atoms with van der Waals surface area (Å²) in [4.78, 5) is 14.7. The number of aromatic nitrogens is 4. The maximum Gasteiger partial charge on any atom is 0.233 e. The number of piperidine rings is 1. The summed E-state index contributed by atoms with van der Waals surface area (Å²) in [6.07, 6.45) is 8.33. The summed E-state index contributed by atoms with van der Waals surface area (Å²) in [6.45, 7) is 0. The van der Waals surface area contributed by atoms with Crippen LogP contribution in [0.3, 0.4) is 0 Å². The van der Waals surface area contributed by atoms with Crippen molar-refractivity contribution >= 4 is 11.7 Å². The Morgan fingerprint density at radius 3 is 2.61 bits per heavy atom. The highest BCUT2D eigenvalue weighted by Crippen LogP contribution is 2.38. The fourth-order valence-corrected chi connectivity index (χ4v) is 5.37. The van der Waals surface area contributed by atoms with E-state index in [1.54, 1.807) is 16.9 Å². The van der Waals surface area contributed by atoms with Gasteiger partial charge in [-0.15, -0.1) is 10.2 Å². The number of hydrogen-bond acceptors (Lipinski definition) is 6. The summed E-state index contributed by atoms with van der Waals surface area (Å²) >= 11 is 0. The maximum atomic E-state index is 12.9. The zero-order valence-electron chi connectivity index (χ0n) is 17.3. The fraction of sp³-hybridized carbons (Fsp3) is 0.391. The largest absolute Gasteiger partial charge is 0.507 e.